The average Bonchev–Trinajstić information content (AvgIpc) is 2.96. The predicted molar refractivity (Wildman–Crippen MR) is 101 cm³/mol. The highest BCUT2D eigenvalue weighted by molar-refractivity contribution is 14.0. The Bertz CT molecular complexity index is 702. The standard InChI is InChI=1S/C15H19F3N6O.HI/c1-19-14(21-9-13-22-10-23-24(13)2)20-8-7-11-3-5-12(6-4-11)25-15(16,17)18;/h3-6,10H,7-9H2,1-2H3,(H2,19,20,21);1H. The SMILES string of the molecule is CN=C(NCCc1ccc(OC(F)(F)F)cc1)NCc1ncnn1C.I. The van der Waals surface area contributed by atoms with E-state index in [2.05, 4.69) is 30.4 Å². The molecule has 1 heterocycles. The van der Waals surface area contributed by atoms with Gasteiger partial charge in [-0.05, 0) is 24.1 Å². The monoisotopic (exact) mass is 484 g/mol. The third-order valence-corrected chi connectivity index (χ3v) is 3.31. The summed E-state index contributed by atoms with van der Waals surface area (Å²) in [6.07, 6.45) is -2.58. The van der Waals surface area contributed by atoms with Gasteiger partial charge in [0.05, 0.1) is 6.54 Å². The molecule has 0 atom stereocenters. The Morgan fingerprint density at radius 3 is 2.46 bits per heavy atom. The lowest BCUT2D eigenvalue weighted by molar-refractivity contribution is -0.274. The number of nitrogens with zero attached hydrogens (tertiary/aromatic N) is 4. The Balaban J connectivity index is 0.00000338. The highest BCUT2D eigenvalue weighted by atomic mass is 127. The van der Waals surface area contributed by atoms with Gasteiger partial charge in [-0.3, -0.25) is 9.67 Å². The molecule has 144 valence electrons. The number of nitrogens with one attached hydrogen (secondary N) is 2. The molecule has 0 amide bonds. The molecule has 7 nitrogen and oxygen atoms in total. The Kier molecular flexibility index (Phi) is 8.61. The number of aryl methyl sites for hydroxylation is 1. The minimum atomic E-state index is -4.68. The molecule has 0 aliphatic heterocycles. The van der Waals surface area contributed by atoms with Gasteiger partial charge in [0.25, 0.3) is 0 Å². The molecule has 2 aromatic rings. The van der Waals surface area contributed by atoms with Crippen LogP contribution in [0, 0.1) is 0 Å². The van der Waals surface area contributed by atoms with Crippen molar-refractivity contribution in [3.05, 3.63) is 42.0 Å². The molecular weight excluding hydrogens is 464 g/mol. The van der Waals surface area contributed by atoms with E-state index < -0.39 is 6.36 Å². The average molecular weight is 484 g/mol. The van der Waals surface area contributed by atoms with Crippen molar-refractivity contribution in [2.75, 3.05) is 13.6 Å². The minimum Gasteiger partial charge on any atom is -0.406 e. The molecule has 1 aromatic heterocycles. The van der Waals surface area contributed by atoms with Gasteiger partial charge in [0, 0.05) is 20.6 Å². The number of aromatic nitrogens is 3. The molecule has 0 fully saturated rings. The van der Waals surface area contributed by atoms with E-state index in [1.807, 2.05) is 0 Å². The minimum absolute atomic E-state index is 0. The number of guanidine groups is 1. The topological polar surface area (TPSA) is 76.4 Å². The van der Waals surface area contributed by atoms with Crippen molar-refractivity contribution in [3.63, 3.8) is 0 Å². The smallest absolute Gasteiger partial charge is 0.406 e. The lowest BCUT2D eigenvalue weighted by atomic mass is 10.1. The molecular formula is C15H20F3IN6O. The third kappa shape index (κ3) is 7.45. The van der Waals surface area contributed by atoms with E-state index >= 15 is 0 Å². The van der Waals surface area contributed by atoms with Gasteiger partial charge in [0.2, 0.25) is 0 Å². The zero-order chi connectivity index (χ0) is 18.3. The maximum absolute atomic E-state index is 12.1. The fourth-order valence-electron chi connectivity index (χ4n) is 2.05. The molecule has 0 saturated heterocycles. The predicted octanol–water partition coefficient (Wildman–Crippen LogP) is 2.24. The van der Waals surface area contributed by atoms with Gasteiger partial charge >= 0.3 is 6.36 Å². The summed E-state index contributed by atoms with van der Waals surface area (Å²) in [6, 6.07) is 5.78. The Morgan fingerprint density at radius 2 is 1.92 bits per heavy atom. The quantitative estimate of drug-likeness (QED) is 0.374. The molecule has 26 heavy (non-hydrogen) atoms. The highest BCUT2D eigenvalue weighted by Gasteiger charge is 2.30. The highest BCUT2D eigenvalue weighted by Crippen LogP contribution is 2.22. The molecule has 0 radical (unpaired) electrons. The first kappa shape index (κ1) is 22.0. The van der Waals surface area contributed by atoms with Crippen LogP contribution in [0.25, 0.3) is 0 Å². The second-order valence-corrected chi connectivity index (χ2v) is 5.09. The summed E-state index contributed by atoms with van der Waals surface area (Å²) in [5.74, 6) is 1.13. The largest absolute Gasteiger partial charge is 0.573 e. The van der Waals surface area contributed by atoms with Gasteiger partial charge in [-0.25, -0.2) is 4.98 Å². The van der Waals surface area contributed by atoms with Crippen LogP contribution >= 0.6 is 24.0 Å². The van der Waals surface area contributed by atoms with Gasteiger partial charge in [-0.2, -0.15) is 5.10 Å². The molecule has 0 unspecified atom stereocenters. The van der Waals surface area contributed by atoms with Crippen LogP contribution in [0.15, 0.2) is 35.6 Å². The van der Waals surface area contributed by atoms with E-state index in [0.29, 0.717) is 25.5 Å². The number of hydrogen-bond donors (Lipinski definition) is 2. The number of hydrogen-bond acceptors (Lipinski definition) is 4. The molecule has 0 aliphatic carbocycles. The Hall–Kier alpha value is -2.05. The number of halogens is 4. The number of rotatable bonds is 6. The van der Waals surface area contributed by atoms with Gasteiger partial charge in [0.15, 0.2) is 5.96 Å². The van der Waals surface area contributed by atoms with Crippen molar-refractivity contribution in [1.82, 2.24) is 25.4 Å². The summed E-state index contributed by atoms with van der Waals surface area (Å²) in [6.45, 7) is 1.04. The van der Waals surface area contributed by atoms with Crippen LogP contribution in [0.3, 0.4) is 0 Å². The van der Waals surface area contributed by atoms with Crippen molar-refractivity contribution in [1.29, 1.82) is 0 Å². The maximum atomic E-state index is 12.1. The molecule has 1 aromatic carbocycles. The fraction of sp³-hybridized carbons (Fsp3) is 0.400. The molecule has 0 aliphatic rings. The zero-order valence-corrected chi connectivity index (χ0v) is 16.6. The molecule has 11 heteroatoms. The summed E-state index contributed by atoms with van der Waals surface area (Å²) in [4.78, 5) is 8.19. The Morgan fingerprint density at radius 1 is 1.23 bits per heavy atom. The van der Waals surface area contributed by atoms with E-state index in [1.54, 1.807) is 30.9 Å². The van der Waals surface area contributed by atoms with Gasteiger partial charge in [-0.15, -0.1) is 37.1 Å². The zero-order valence-electron chi connectivity index (χ0n) is 14.2. The van der Waals surface area contributed by atoms with E-state index in [4.69, 9.17) is 0 Å². The van der Waals surface area contributed by atoms with E-state index in [9.17, 15) is 13.2 Å². The van der Waals surface area contributed by atoms with Crippen molar-refractivity contribution < 1.29 is 17.9 Å². The van der Waals surface area contributed by atoms with Crippen molar-refractivity contribution in [2.24, 2.45) is 12.0 Å². The fourth-order valence-corrected chi connectivity index (χ4v) is 2.05. The molecule has 0 bridgehead atoms. The second-order valence-electron chi connectivity index (χ2n) is 5.09. The summed E-state index contributed by atoms with van der Waals surface area (Å²) in [5, 5.41) is 10.2. The summed E-state index contributed by atoms with van der Waals surface area (Å²) >= 11 is 0. The first-order valence-corrected chi connectivity index (χ1v) is 7.49. The number of aliphatic imine (C=N–C) groups is 1. The van der Waals surface area contributed by atoms with E-state index in [1.165, 1.54) is 18.5 Å². The van der Waals surface area contributed by atoms with E-state index in [0.717, 1.165) is 11.4 Å². The summed E-state index contributed by atoms with van der Waals surface area (Å²) < 4.78 is 41.8. The van der Waals surface area contributed by atoms with Crippen molar-refractivity contribution >= 4 is 29.9 Å². The number of benzene rings is 1. The normalized spacial score (nSPS) is 11.7. The van der Waals surface area contributed by atoms with Crippen LogP contribution in [0.5, 0.6) is 5.75 Å². The second kappa shape index (κ2) is 10.2. The number of ether oxygens (including phenoxy) is 1. The van der Waals surface area contributed by atoms with Gasteiger partial charge in [0.1, 0.15) is 17.9 Å². The molecule has 2 N–H and O–H groups in total. The lowest BCUT2D eigenvalue weighted by Gasteiger charge is -2.12. The van der Waals surface area contributed by atoms with Crippen LogP contribution in [0.2, 0.25) is 0 Å². The van der Waals surface area contributed by atoms with Gasteiger partial charge < -0.3 is 15.4 Å². The lowest BCUT2D eigenvalue weighted by Crippen LogP contribution is -2.38. The van der Waals surface area contributed by atoms with Crippen LogP contribution in [-0.4, -0.2) is 40.7 Å². The number of alkyl halides is 3. The van der Waals surface area contributed by atoms with Crippen molar-refractivity contribution in [3.8, 4) is 5.75 Å². The molecule has 0 saturated carbocycles. The molecule has 0 spiro atoms. The van der Waals surface area contributed by atoms with Crippen LogP contribution in [0.1, 0.15) is 11.4 Å². The Labute approximate surface area is 166 Å². The summed E-state index contributed by atoms with van der Waals surface area (Å²) in [5.41, 5.74) is 0.880. The van der Waals surface area contributed by atoms with Crippen molar-refractivity contribution in [2.45, 2.75) is 19.3 Å². The van der Waals surface area contributed by atoms with Crippen LogP contribution in [0.4, 0.5) is 13.2 Å². The maximum Gasteiger partial charge on any atom is 0.573 e. The first-order chi connectivity index (χ1) is 11.9. The van der Waals surface area contributed by atoms with E-state index in [-0.39, 0.29) is 29.7 Å². The van der Waals surface area contributed by atoms with Crippen LogP contribution in [-0.2, 0) is 20.0 Å². The molecule has 2 rings (SSSR count). The van der Waals surface area contributed by atoms with Gasteiger partial charge in [-0.1, -0.05) is 12.1 Å². The van der Waals surface area contributed by atoms with Crippen LogP contribution < -0.4 is 15.4 Å². The first-order valence-electron chi connectivity index (χ1n) is 7.49. The summed E-state index contributed by atoms with van der Waals surface area (Å²) in [7, 11) is 3.45. The third-order valence-electron chi connectivity index (χ3n) is 3.31.